The van der Waals surface area contributed by atoms with Crippen molar-refractivity contribution < 1.29 is 9.31 Å². The van der Waals surface area contributed by atoms with Crippen LogP contribution in [-0.4, -0.2) is 18.3 Å². The summed E-state index contributed by atoms with van der Waals surface area (Å²) in [4.78, 5) is 0. The molecule has 0 unspecified atom stereocenters. The van der Waals surface area contributed by atoms with Crippen LogP contribution in [0, 0.1) is 6.92 Å². The molecular weight excluding hydrogens is 331 g/mol. The third-order valence-electron chi connectivity index (χ3n) is 6.80. The van der Waals surface area contributed by atoms with Crippen LogP contribution in [-0.2, 0) is 14.7 Å². The van der Waals surface area contributed by atoms with Crippen LogP contribution in [0.15, 0.2) is 48.5 Å². The van der Waals surface area contributed by atoms with Gasteiger partial charge in [0.05, 0.1) is 11.2 Å². The van der Waals surface area contributed by atoms with Crippen molar-refractivity contribution in [3.63, 3.8) is 0 Å². The van der Waals surface area contributed by atoms with E-state index < -0.39 is 0 Å². The second-order valence-electron chi connectivity index (χ2n) is 8.87. The van der Waals surface area contributed by atoms with Crippen LogP contribution in [0.25, 0.3) is 0 Å². The Morgan fingerprint density at radius 1 is 0.741 bits per heavy atom. The molecule has 2 nitrogen and oxygen atoms in total. The van der Waals surface area contributed by atoms with E-state index in [-0.39, 0.29) is 23.7 Å². The standard InChI is InChI=1S/C24H33BO2/c1-8-24(9-2,19-12-10-18(3)11-13-19)20-14-16-21(17-15-20)25-26-22(4,5)23(6,7)27-25/h10-17H,8-9H2,1-7H3. The van der Waals surface area contributed by atoms with E-state index >= 15 is 0 Å². The van der Waals surface area contributed by atoms with Crippen molar-refractivity contribution in [1.82, 2.24) is 0 Å². The maximum atomic E-state index is 6.20. The van der Waals surface area contributed by atoms with Gasteiger partial charge in [0.25, 0.3) is 0 Å². The quantitative estimate of drug-likeness (QED) is 0.662. The Kier molecular flexibility index (Phi) is 5.31. The van der Waals surface area contributed by atoms with Gasteiger partial charge in [-0.25, -0.2) is 0 Å². The minimum absolute atomic E-state index is 0.0438. The van der Waals surface area contributed by atoms with Crippen LogP contribution in [0.3, 0.4) is 0 Å². The fourth-order valence-corrected chi connectivity index (χ4v) is 4.04. The summed E-state index contributed by atoms with van der Waals surface area (Å²) in [7, 11) is -0.305. The van der Waals surface area contributed by atoms with Crippen LogP contribution < -0.4 is 5.46 Å². The largest absolute Gasteiger partial charge is 0.494 e. The molecule has 0 aliphatic carbocycles. The molecule has 1 aliphatic heterocycles. The fourth-order valence-electron chi connectivity index (χ4n) is 4.04. The molecule has 0 saturated carbocycles. The summed E-state index contributed by atoms with van der Waals surface area (Å²) in [5.41, 5.74) is 4.56. The summed E-state index contributed by atoms with van der Waals surface area (Å²) >= 11 is 0. The number of hydrogen-bond acceptors (Lipinski definition) is 2. The fraction of sp³-hybridized carbons (Fsp3) is 0.500. The molecule has 27 heavy (non-hydrogen) atoms. The van der Waals surface area contributed by atoms with Gasteiger partial charge < -0.3 is 9.31 Å². The summed E-state index contributed by atoms with van der Waals surface area (Å²) in [5, 5.41) is 0. The Labute approximate surface area is 165 Å². The van der Waals surface area contributed by atoms with E-state index in [1.165, 1.54) is 16.7 Å². The molecule has 1 fully saturated rings. The molecule has 1 heterocycles. The Balaban J connectivity index is 1.92. The van der Waals surface area contributed by atoms with Crippen LogP contribution in [0.4, 0.5) is 0 Å². The minimum atomic E-state index is -0.311. The van der Waals surface area contributed by atoms with Crippen LogP contribution in [0.2, 0.25) is 0 Å². The second-order valence-corrected chi connectivity index (χ2v) is 8.87. The molecule has 0 amide bonds. The van der Waals surface area contributed by atoms with Gasteiger partial charge in [0.15, 0.2) is 0 Å². The van der Waals surface area contributed by atoms with Gasteiger partial charge in [-0.2, -0.15) is 0 Å². The van der Waals surface area contributed by atoms with Crippen molar-refractivity contribution in [3.8, 4) is 0 Å². The van der Waals surface area contributed by atoms with Gasteiger partial charge in [-0.05, 0) is 64.1 Å². The highest BCUT2D eigenvalue weighted by molar-refractivity contribution is 6.62. The molecule has 3 heteroatoms. The SMILES string of the molecule is CCC(CC)(c1ccc(C)cc1)c1ccc(B2OC(C)(C)C(C)(C)O2)cc1. The molecular formula is C24H33BO2. The molecule has 0 atom stereocenters. The van der Waals surface area contributed by atoms with Crippen LogP contribution in [0.1, 0.15) is 71.1 Å². The average Bonchev–Trinajstić information content (AvgIpc) is 2.86. The van der Waals surface area contributed by atoms with Crippen molar-refractivity contribution >= 4 is 12.6 Å². The average molecular weight is 364 g/mol. The monoisotopic (exact) mass is 364 g/mol. The molecule has 0 radical (unpaired) electrons. The summed E-state index contributed by atoms with van der Waals surface area (Å²) in [6.07, 6.45) is 2.14. The Bertz CT molecular complexity index is 755. The molecule has 0 aromatic heterocycles. The highest BCUT2D eigenvalue weighted by Gasteiger charge is 2.51. The normalized spacial score (nSPS) is 18.7. The predicted octanol–water partition coefficient (Wildman–Crippen LogP) is 5.40. The first-order valence-electron chi connectivity index (χ1n) is 10.2. The van der Waals surface area contributed by atoms with E-state index in [1.54, 1.807) is 0 Å². The van der Waals surface area contributed by atoms with Crippen LogP contribution >= 0.6 is 0 Å². The predicted molar refractivity (Wildman–Crippen MR) is 115 cm³/mol. The molecule has 144 valence electrons. The number of aryl methyl sites for hydroxylation is 1. The van der Waals surface area contributed by atoms with Gasteiger partial charge in [0, 0.05) is 5.41 Å². The highest BCUT2D eigenvalue weighted by atomic mass is 16.7. The molecule has 0 bridgehead atoms. The summed E-state index contributed by atoms with van der Waals surface area (Å²) in [6, 6.07) is 17.9. The lowest BCUT2D eigenvalue weighted by Crippen LogP contribution is -2.41. The maximum Gasteiger partial charge on any atom is 0.494 e. The van der Waals surface area contributed by atoms with Crippen LogP contribution in [0.5, 0.6) is 0 Å². The van der Waals surface area contributed by atoms with Gasteiger partial charge in [-0.3, -0.25) is 0 Å². The Morgan fingerprint density at radius 3 is 1.56 bits per heavy atom. The maximum absolute atomic E-state index is 6.20. The van der Waals surface area contributed by atoms with E-state index in [0.717, 1.165) is 18.3 Å². The van der Waals surface area contributed by atoms with Gasteiger partial charge in [-0.15, -0.1) is 0 Å². The first kappa shape index (κ1) is 20.2. The third kappa shape index (κ3) is 3.48. The molecule has 1 saturated heterocycles. The van der Waals surface area contributed by atoms with Crippen molar-refractivity contribution in [2.75, 3.05) is 0 Å². The topological polar surface area (TPSA) is 18.5 Å². The molecule has 0 N–H and O–H groups in total. The zero-order valence-corrected chi connectivity index (χ0v) is 17.9. The minimum Gasteiger partial charge on any atom is -0.399 e. The highest BCUT2D eigenvalue weighted by Crippen LogP contribution is 2.39. The summed E-state index contributed by atoms with van der Waals surface area (Å²) in [5.74, 6) is 0. The van der Waals surface area contributed by atoms with Gasteiger partial charge >= 0.3 is 7.12 Å². The second kappa shape index (κ2) is 7.11. The van der Waals surface area contributed by atoms with Crippen molar-refractivity contribution in [3.05, 3.63) is 65.2 Å². The molecule has 0 spiro atoms. The smallest absolute Gasteiger partial charge is 0.399 e. The molecule has 2 aromatic rings. The molecule has 1 aliphatic rings. The first-order valence-corrected chi connectivity index (χ1v) is 10.2. The molecule has 2 aromatic carbocycles. The van der Waals surface area contributed by atoms with Crippen molar-refractivity contribution in [2.45, 2.75) is 77.9 Å². The molecule has 3 rings (SSSR count). The number of hydrogen-bond donors (Lipinski definition) is 0. The van der Waals surface area contributed by atoms with Gasteiger partial charge in [-0.1, -0.05) is 67.9 Å². The Hall–Kier alpha value is -1.58. The summed E-state index contributed by atoms with van der Waals surface area (Å²) < 4.78 is 12.4. The lowest BCUT2D eigenvalue weighted by molar-refractivity contribution is 0.00578. The van der Waals surface area contributed by atoms with E-state index in [1.807, 2.05) is 0 Å². The number of rotatable bonds is 5. The van der Waals surface area contributed by atoms with Gasteiger partial charge in [0.1, 0.15) is 0 Å². The lowest BCUT2D eigenvalue weighted by atomic mass is 9.69. The zero-order chi connectivity index (χ0) is 19.9. The Morgan fingerprint density at radius 2 is 1.15 bits per heavy atom. The van der Waals surface area contributed by atoms with Crippen molar-refractivity contribution in [2.24, 2.45) is 0 Å². The van der Waals surface area contributed by atoms with E-state index in [9.17, 15) is 0 Å². The number of benzene rings is 2. The van der Waals surface area contributed by atoms with E-state index in [2.05, 4.69) is 97.0 Å². The van der Waals surface area contributed by atoms with E-state index in [0.29, 0.717) is 0 Å². The summed E-state index contributed by atoms with van der Waals surface area (Å²) in [6.45, 7) is 15.1. The van der Waals surface area contributed by atoms with Gasteiger partial charge in [0.2, 0.25) is 0 Å². The van der Waals surface area contributed by atoms with Crippen molar-refractivity contribution in [1.29, 1.82) is 0 Å². The first-order chi connectivity index (χ1) is 12.6. The van der Waals surface area contributed by atoms with E-state index in [4.69, 9.17) is 9.31 Å². The lowest BCUT2D eigenvalue weighted by Gasteiger charge is -2.33. The zero-order valence-electron chi connectivity index (χ0n) is 17.9. The third-order valence-corrected chi connectivity index (χ3v) is 6.80.